The van der Waals surface area contributed by atoms with E-state index in [-0.39, 0.29) is 23.8 Å². The van der Waals surface area contributed by atoms with Gasteiger partial charge < -0.3 is 10.6 Å². The Morgan fingerprint density at radius 2 is 1.79 bits per heavy atom. The lowest BCUT2D eigenvalue weighted by atomic mass is 9.86. The first kappa shape index (κ1) is 23.8. The molecule has 2 rings (SSSR count). The lowest BCUT2D eigenvalue weighted by molar-refractivity contribution is -0.132. The van der Waals surface area contributed by atoms with Crippen LogP contribution in [-0.4, -0.2) is 45.4 Å². The van der Waals surface area contributed by atoms with E-state index in [1.54, 1.807) is 4.90 Å². The van der Waals surface area contributed by atoms with Gasteiger partial charge in [-0.15, -0.1) is 0 Å². The van der Waals surface area contributed by atoms with Gasteiger partial charge in [0.25, 0.3) is 0 Å². The van der Waals surface area contributed by atoms with Gasteiger partial charge in [0.1, 0.15) is 5.82 Å². The average Bonchev–Trinajstić information content (AvgIpc) is 2.65. The van der Waals surface area contributed by atoms with E-state index < -0.39 is 39.2 Å². The molecule has 1 heterocycles. The predicted octanol–water partition coefficient (Wildman–Crippen LogP) is 2.65. The van der Waals surface area contributed by atoms with Crippen molar-refractivity contribution >= 4 is 16.9 Å². The normalized spacial score (nSPS) is 18.0. The maximum Gasteiger partial charge on any atom is 0.223 e. The summed E-state index contributed by atoms with van der Waals surface area (Å²) in [6.07, 6.45) is 1.65. The molecule has 3 N–H and O–H groups in total. The molecule has 164 valence electrons. The molecule has 1 aliphatic rings. The van der Waals surface area contributed by atoms with Crippen molar-refractivity contribution in [2.45, 2.75) is 57.2 Å². The van der Waals surface area contributed by atoms with E-state index in [1.165, 1.54) is 0 Å². The van der Waals surface area contributed by atoms with Crippen molar-refractivity contribution in [3.05, 3.63) is 35.1 Å². The van der Waals surface area contributed by atoms with Crippen LogP contribution in [0.25, 0.3) is 0 Å². The maximum atomic E-state index is 14.2. The first-order valence-electron chi connectivity index (χ1n) is 9.82. The van der Waals surface area contributed by atoms with Gasteiger partial charge in [0.15, 0.2) is 11.6 Å². The van der Waals surface area contributed by atoms with Crippen molar-refractivity contribution in [3.63, 3.8) is 0 Å². The van der Waals surface area contributed by atoms with Gasteiger partial charge in [-0.25, -0.2) is 22.1 Å². The molecule has 1 aromatic rings. The first-order chi connectivity index (χ1) is 13.5. The standard InChI is InChI=1S/C20H30F3N3O2S/c1-20(2,3)29(28)25-18(11-14-10-16(22)17(23)12-15(14)21)13-5-8-26(9-6-13)19(27)4-7-24/h10,12-13,18,25H,4-9,11,24H2,1-3H3/t18-,29+/m1/s1. The fourth-order valence-electron chi connectivity index (χ4n) is 3.41. The molecular formula is C20H30F3N3O2S. The van der Waals surface area contributed by atoms with Gasteiger partial charge in [-0.2, -0.15) is 0 Å². The summed E-state index contributed by atoms with van der Waals surface area (Å²) in [7, 11) is -1.42. The molecule has 1 fully saturated rings. The maximum absolute atomic E-state index is 14.2. The monoisotopic (exact) mass is 433 g/mol. The Bertz CT molecular complexity index is 747. The third kappa shape index (κ3) is 6.52. The predicted molar refractivity (Wildman–Crippen MR) is 108 cm³/mol. The van der Waals surface area contributed by atoms with Gasteiger partial charge in [-0.05, 0) is 57.6 Å². The van der Waals surface area contributed by atoms with Crippen molar-refractivity contribution in [1.82, 2.24) is 9.62 Å². The minimum atomic E-state index is -1.42. The molecule has 9 heteroatoms. The number of rotatable bonds is 7. The Kier molecular flexibility index (Phi) is 8.25. The fraction of sp³-hybridized carbons (Fsp3) is 0.650. The number of carbonyl (C=O) groups excluding carboxylic acids is 1. The minimum Gasteiger partial charge on any atom is -0.343 e. The highest BCUT2D eigenvalue weighted by atomic mass is 32.2. The van der Waals surface area contributed by atoms with E-state index in [4.69, 9.17) is 5.73 Å². The molecule has 0 aliphatic carbocycles. The van der Waals surface area contributed by atoms with Gasteiger partial charge in [-0.1, -0.05) is 0 Å². The zero-order valence-electron chi connectivity index (χ0n) is 17.1. The Balaban J connectivity index is 2.17. The molecule has 29 heavy (non-hydrogen) atoms. The average molecular weight is 434 g/mol. The Morgan fingerprint density at radius 1 is 1.21 bits per heavy atom. The number of carbonyl (C=O) groups is 1. The number of amides is 1. The Hall–Kier alpha value is -1.45. The number of benzene rings is 1. The molecule has 0 aromatic heterocycles. The zero-order valence-corrected chi connectivity index (χ0v) is 18.0. The van der Waals surface area contributed by atoms with Crippen molar-refractivity contribution in [3.8, 4) is 0 Å². The van der Waals surface area contributed by atoms with Crippen molar-refractivity contribution in [2.75, 3.05) is 19.6 Å². The van der Waals surface area contributed by atoms with Gasteiger partial charge in [0.05, 0.1) is 15.7 Å². The van der Waals surface area contributed by atoms with Crippen molar-refractivity contribution in [1.29, 1.82) is 0 Å². The summed E-state index contributed by atoms with van der Waals surface area (Å²) in [5, 5.41) is 0. The van der Waals surface area contributed by atoms with Crippen molar-refractivity contribution < 1.29 is 22.2 Å². The second kappa shape index (κ2) is 10.0. The van der Waals surface area contributed by atoms with Gasteiger partial charge in [0.2, 0.25) is 5.91 Å². The summed E-state index contributed by atoms with van der Waals surface area (Å²) < 4.78 is 56.3. The number of halogens is 3. The number of piperidine rings is 1. The Labute approximate surface area is 172 Å². The van der Waals surface area contributed by atoms with Crippen molar-refractivity contribution in [2.24, 2.45) is 11.7 Å². The van der Waals surface area contributed by atoms with Crippen LogP contribution in [0.4, 0.5) is 13.2 Å². The molecule has 1 aliphatic heterocycles. The molecule has 0 spiro atoms. The van der Waals surface area contributed by atoms with Crippen LogP contribution in [0.2, 0.25) is 0 Å². The highest BCUT2D eigenvalue weighted by Crippen LogP contribution is 2.26. The van der Waals surface area contributed by atoms with Crippen LogP contribution in [0, 0.1) is 23.4 Å². The summed E-state index contributed by atoms with van der Waals surface area (Å²) >= 11 is 0. The quantitative estimate of drug-likeness (QED) is 0.649. The highest BCUT2D eigenvalue weighted by molar-refractivity contribution is 7.84. The largest absolute Gasteiger partial charge is 0.343 e. The van der Waals surface area contributed by atoms with Crippen LogP contribution >= 0.6 is 0 Å². The van der Waals surface area contributed by atoms with Gasteiger partial charge >= 0.3 is 0 Å². The smallest absolute Gasteiger partial charge is 0.223 e. The third-order valence-corrected chi connectivity index (χ3v) is 6.79. The van der Waals surface area contributed by atoms with Crippen LogP contribution in [0.15, 0.2) is 12.1 Å². The number of hydrogen-bond acceptors (Lipinski definition) is 3. The minimum absolute atomic E-state index is 0.000349. The molecule has 1 aromatic carbocycles. The SMILES string of the molecule is CC(C)(C)[S@](=O)N[C@H](Cc1cc(F)c(F)cc1F)C1CCN(C(=O)CCN)CC1. The lowest BCUT2D eigenvalue weighted by Gasteiger charge is -2.37. The summed E-state index contributed by atoms with van der Waals surface area (Å²) in [5.74, 6) is -3.16. The molecule has 5 nitrogen and oxygen atoms in total. The topological polar surface area (TPSA) is 75.4 Å². The summed E-state index contributed by atoms with van der Waals surface area (Å²) in [5.41, 5.74) is 5.48. The number of nitrogens with two attached hydrogens (primary N) is 1. The second-order valence-electron chi connectivity index (χ2n) is 8.42. The van der Waals surface area contributed by atoms with E-state index in [0.29, 0.717) is 45.0 Å². The van der Waals surface area contributed by atoms with Crippen LogP contribution in [0.1, 0.15) is 45.6 Å². The van der Waals surface area contributed by atoms with Crippen LogP contribution < -0.4 is 10.5 Å². The van der Waals surface area contributed by atoms with E-state index in [0.717, 1.165) is 6.07 Å². The number of hydrogen-bond donors (Lipinski definition) is 2. The van der Waals surface area contributed by atoms with Crippen LogP contribution in [0.3, 0.4) is 0 Å². The first-order valence-corrected chi connectivity index (χ1v) is 11.0. The Morgan fingerprint density at radius 3 is 2.34 bits per heavy atom. The summed E-state index contributed by atoms with van der Waals surface area (Å²) in [6.45, 7) is 6.81. The van der Waals surface area contributed by atoms with Gasteiger partial charge in [-0.3, -0.25) is 4.79 Å². The second-order valence-corrected chi connectivity index (χ2v) is 10.4. The molecule has 0 saturated carbocycles. The number of nitrogens with zero attached hydrogens (tertiary/aromatic N) is 1. The molecule has 0 radical (unpaired) electrons. The molecule has 1 amide bonds. The molecule has 1 saturated heterocycles. The highest BCUT2D eigenvalue weighted by Gasteiger charge is 2.32. The molecular weight excluding hydrogens is 403 g/mol. The van der Waals surface area contributed by atoms with E-state index >= 15 is 0 Å². The van der Waals surface area contributed by atoms with Gasteiger partial charge in [0, 0.05) is 38.2 Å². The molecule has 0 unspecified atom stereocenters. The summed E-state index contributed by atoms with van der Waals surface area (Å²) in [6, 6.07) is 0.997. The van der Waals surface area contributed by atoms with E-state index in [2.05, 4.69) is 4.72 Å². The molecule has 2 atom stereocenters. The van der Waals surface area contributed by atoms with E-state index in [1.807, 2.05) is 20.8 Å². The zero-order chi connectivity index (χ0) is 21.8. The van der Waals surface area contributed by atoms with Crippen LogP contribution in [0.5, 0.6) is 0 Å². The summed E-state index contributed by atoms with van der Waals surface area (Å²) in [4.78, 5) is 13.8. The fourth-order valence-corrected chi connectivity index (χ4v) is 4.31. The third-order valence-electron chi connectivity index (χ3n) is 5.16. The number of likely N-dealkylation sites (tertiary alicyclic amines) is 1. The van der Waals surface area contributed by atoms with E-state index in [9.17, 15) is 22.2 Å². The number of nitrogens with one attached hydrogen (secondary N) is 1. The van der Waals surface area contributed by atoms with Crippen LogP contribution in [-0.2, 0) is 22.2 Å². The molecule has 0 bridgehead atoms. The lowest BCUT2D eigenvalue weighted by Crippen LogP contribution is -2.49.